The third-order valence-corrected chi connectivity index (χ3v) is 3.84. The van der Waals surface area contributed by atoms with Gasteiger partial charge in [0.15, 0.2) is 11.5 Å². The molecule has 3 aromatic rings. The largest absolute Gasteiger partial charge is 0.502 e. The second-order valence-electron chi connectivity index (χ2n) is 5.16. The van der Waals surface area contributed by atoms with Crippen molar-refractivity contribution in [3.05, 3.63) is 53.2 Å². The van der Waals surface area contributed by atoms with E-state index in [1.54, 1.807) is 36.7 Å². The van der Waals surface area contributed by atoms with Crippen LogP contribution in [0.1, 0.15) is 5.56 Å². The first-order valence-corrected chi connectivity index (χ1v) is 7.78. The van der Waals surface area contributed by atoms with Gasteiger partial charge >= 0.3 is 0 Å². The number of aromatic nitrogens is 1. The first-order chi connectivity index (χ1) is 12.1. The molecule has 0 amide bonds. The van der Waals surface area contributed by atoms with Crippen molar-refractivity contribution in [3.63, 3.8) is 0 Å². The Labute approximate surface area is 149 Å². The van der Waals surface area contributed by atoms with Crippen molar-refractivity contribution in [2.24, 2.45) is 5.10 Å². The number of phenolic OH excluding ortho intramolecular Hbond substituents is 1. The summed E-state index contributed by atoms with van der Waals surface area (Å²) >= 11 is 5.99. The number of hydrazone groups is 1. The van der Waals surface area contributed by atoms with Crippen molar-refractivity contribution in [3.8, 4) is 17.2 Å². The number of nitrogens with zero attached hydrogens (tertiary/aromatic N) is 2. The molecule has 0 aliphatic rings. The molecule has 2 N–H and O–H groups in total. The van der Waals surface area contributed by atoms with E-state index in [2.05, 4.69) is 15.5 Å². The van der Waals surface area contributed by atoms with Gasteiger partial charge in [-0.15, -0.1) is 0 Å². The molecule has 0 atom stereocenters. The molecule has 0 spiro atoms. The van der Waals surface area contributed by atoms with E-state index in [1.807, 2.05) is 12.1 Å². The number of nitrogens with one attached hydrogen (secondary N) is 1. The van der Waals surface area contributed by atoms with Crippen LogP contribution < -0.4 is 14.9 Å². The Morgan fingerprint density at radius 3 is 2.52 bits per heavy atom. The highest BCUT2D eigenvalue weighted by Crippen LogP contribution is 2.36. The number of benzene rings is 2. The quantitative estimate of drug-likeness (QED) is 0.532. The number of phenols is 1. The lowest BCUT2D eigenvalue weighted by atomic mass is 10.2. The molecule has 0 saturated carbocycles. The van der Waals surface area contributed by atoms with Crippen LogP contribution in [0.3, 0.4) is 0 Å². The summed E-state index contributed by atoms with van der Waals surface area (Å²) in [6.45, 7) is 0. The van der Waals surface area contributed by atoms with Gasteiger partial charge in [-0.05, 0) is 36.4 Å². The van der Waals surface area contributed by atoms with Gasteiger partial charge in [0.1, 0.15) is 0 Å². The molecule has 1 heterocycles. The minimum absolute atomic E-state index is 0.0490. The van der Waals surface area contributed by atoms with Crippen LogP contribution in [0.2, 0.25) is 5.02 Å². The first-order valence-electron chi connectivity index (χ1n) is 7.40. The van der Waals surface area contributed by atoms with Crippen molar-refractivity contribution in [1.29, 1.82) is 0 Å². The first kappa shape index (κ1) is 16.9. The summed E-state index contributed by atoms with van der Waals surface area (Å²) in [6.07, 6.45) is 3.29. The van der Waals surface area contributed by atoms with Crippen LogP contribution >= 0.6 is 11.6 Å². The van der Waals surface area contributed by atoms with Crippen LogP contribution in [-0.2, 0) is 0 Å². The predicted octanol–water partition coefficient (Wildman–Crippen LogP) is 4.06. The lowest BCUT2D eigenvalue weighted by Gasteiger charge is -2.09. The SMILES string of the molecule is COc1cc(C=NNc2ccnc3cc(Cl)ccc23)cc(OC)c1O. The van der Waals surface area contributed by atoms with E-state index < -0.39 is 0 Å². The normalized spacial score (nSPS) is 11.0. The maximum Gasteiger partial charge on any atom is 0.200 e. The van der Waals surface area contributed by atoms with E-state index in [-0.39, 0.29) is 5.75 Å². The number of halogens is 1. The van der Waals surface area contributed by atoms with Crippen molar-refractivity contribution in [1.82, 2.24) is 4.98 Å². The highest BCUT2D eigenvalue weighted by Gasteiger charge is 2.10. The Morgan fingerprint density at radius 2 is 1.84 bits per heavy atom. The molecule has 128 valence electrons. The third-order valence-electron chi connectivity index (χ3n) is 3.61. The summed E-state index contributed by atoms with van der Waals surface area (Å²) < 4.78 is 10.3. The van der Waals surface area contributed by atoms with Gasteiger partial charge in [-0.2, -0.15) is 5.10 Å². The van der Waals surface area contributed by atoms with E-state index in [0.29, 0.717) is 22.1 Å². The molecule has 1 aromatic heterocycles. The second-order valence-corrected chi connectivity index (χ2v) is 5.60. The number of hydrogen-bond acceptors (Lipinski definition) is 6. The topological polar surface area (TPSA) is 76.0 Å². The van der Waals surface area contributed by atoms with Crippen LogP contribution in [-0.4, -0.2) is 30.5 Å². The zero-order valence-corrected chi connectivity index (χ0v) is 14.4. The van der Waals surface area contributed by atoms with Gasteiger partial charge in [-0.25, -0.2) is 0 Å². The zero-order valence-electron chi connectivity index (χ0n) is 13.7. The van der Waals surface area contributed by atoms with Crippen LogP contribution in [0.25, 0.3) is 10.9 Å². The molecule has 0 bridgehead atoms. The lowest BCUT2D eigenvalue weighted by Crippen LogP contribution is -1.95. The Kier molecular flexibility index (Phi) is 4.90. The molecular formula is C18H16ClN3O3. The fraction of sp³-hybridized carbons (Fsp3) is 0.111. The monoisotopic (exact) mass is 357 g/mol. The average molecular weight is 358 g/mol. The van der Waals surface area contributed by atoms with E-state index in [9.17, 15) is 5.11 Å². The van der Waals surface area contributed by atoms with Crippen LogP contribution in [0.15, 0.2) is 47.7 Å². The standard InChI is InChI=1S/C18H16ClN3O3/c1-24-16-7-11(8-17(25-2)18(16)23)10-21-22-14-5-6-20-15-9-12(19)3-4-13(14)15/h3-10,23H,1-2H3,(H,20,22). The number of pyridine rings is 1. The fourth-order valence-corrected chi connectivity index (χ4v) is 2.55. The molecule has 6 nitrogen and oxygen atoms in total. The summed E-state index contributed by atoms with van der Waals surface area (Å²) in [5, 5.41) is 15.7. The van der Waals surface area contributed by atoms with Crippen molar-refractivity contribution < 1.29 is 14.6 Å². The van der Waals surface area contributed by atoms with Gasteiger partial charge in [0.05, 0.1) is 31.6 Å². The van der Waals surface area contributed by atoms with Crippen LogP contribution in [0.4, 0.5) is 5.69 Å². The smallest absolute Gasteiger partial charge is 0.200 e. The molecule has 0 aliphatic carbocycles. The van der Waals surface area contributed by atoms with Gasteiger partial charge in [0.25, 0.3) is 0 Å². The molecule has 0 aliphatic heterocycles. The molecule has 2 aromatic carbocycles. The molecule has 7 heteroatoms. The van der Waals surface area contributed by atoms with Gasteiger partial charge in [-0.3, -0.25) is 10.4 Å². The molecule has 0 unspecified atom stereocenters. The summed E-state index contributed by atoms with van der Waals surface area (Å²) in [5.41, 5.74) is 5.28. The van der Waals surface area contributed by atoms with Gasteiger partial charge in [0.2, 0.25) is 5.75 Å². The molecule has 0 saturated heterocycles. The molecule has 0 fully saturated rings. The zero-order chi connectivity index (χ0) is 17.8. The number of ether oxygens (including phenoxy) is 2. The number of hydrogen-bond donors (Lipinski definition) is 2. The van der Waals surface area contributed by atoms with E-state index in [4.69, 9.17) is 21.1 Å². The second kappa shape index (κ2) is 7.27. The number of methoxy groups -OCH3 is 2. The van der Waals surface area contributed by atoms with Crippen LogP contribution in [0.5, 0.6) is 17.2 Å². The number of fused-ring (bicyclic) bond motifs is 1. The maximum absolute atomic E-state index is 9.93. The summed E-state index contributed by atoms with van der Waals surface area (Å²) in [7, 11) is 2.95. The predicted molar refractivity (Wildman–Crippen MR) is 99.2 cm³/mol. The molecule has 0 radical (unpaired) electrons. The Hall–Kier alpha value is -2.99. The Bertz CT molecular complexity index is 919. The molecule has 3 rings (SSSR count). The third kappa shape index (κ3) is 3.59. The highest BCUT2D eigenvalue weighted by atomic mass is 35.5. The fourth-order valence-electron chi connectivity index (χ4n) is 2.38. The minimum atomic E-state index is -0.0490. The Morgan fingerprint density at radius 1 is 1.12 bits per heavy atom. The lowest BCUT2D eigenvalue weighted by molar-refractivity contribution is 0.340. The van der Waals surface area contributed by atoms with Gasteiger partial charge < -0.3 is 14.6 Å². The minimum Gasteiger partial charge on any atom is -0.502 e. The van der Waals surface area contributed by atoms with E-state index in [0.717, 1.165) is 16.6 Å². The van der Waals surface area contributed by atoms with Crippen molar-refractivity contribution in [2.75, 3.05) is 19.6 Å². The number of anilines is 1. The van der Waals surface area contributed by atoms with E-state index in [1.165, 1.54) is 14.2 Å². The summed E-state index contributed by atoms with van der Waals surface area (Å²) in [4.78, 5) is 4.29. The number of rotatable bonds is 5. The molecule has 25 heavy (non-hydrogen) atoms. The average Bonchev–Trinajstić information content (AvgIpc) is 2.62. The van der Waals surface area contributed by atoms with Crippen molar-refractivity contribution in [2.45, 2.75) is 0 Å². The number of aromatic hydroxyl groups is 1. The van der Waals surface area contributed by atoms with Crippen LogP contribution in [0, 0.1) is 0 Å². The summed E-state index contributed by atoms with van der Waals surface area (Å²) in [6, 6.07) is 10.6. The van der Waals surface area contributed by atoms with E-state index >= 15 is 0 Å². The maximum atomic E-state index is 9.93. The molecular weight excluding hydrogens is 342 g/mol. The van der Waals surface area contributed by atoms with Gasteiger partial charge in [-0.1, -0.05) is 11.6 Å². The van der Waals surface area contributed by atoms with Crippen molar-refractivity contribution >= 4 is 34.4 Å². The highest BCUT2D eigenvalue weighted by molar-refractivity contribution is 6.31. The van der Waals surface area contributed by atoms with Gasteiger partial charge in [0, 0.05) is 22.2 Å². The Balaban J connectivity index is 1.87. The summed E-state index contributed by atoms with van der Waals surface area (Å²) in [5.74, 6) is 0.571.